The third kappa shape index (κ3) is 16.5. The van der Waals surface area contributed by atoms with Crippen molar-refractivity contribution in [2.75, 3.05) is 19.6 Å². The molecule has 100 heavy (non-hydrogen) atoms. The largest absolute Gasteiger partial charge is 0.479 e. The summed E-state index contributed by atoms with van der Waals surface area (Å²) < 4.78 is 22.7. The summed E-state index contributed by atoms with van der Waals surface area (Å²) in [5.41, 5.74) is 10.5. The van der Waals surface area contributed by atoms with Gasteiger partial charge in [0, 0.05) is 77.5 Å². The summed E-state index contributed by atoms with van der Waals surface area (Å²) in [7, 11) is 0. The number of hydrogen-bond donors (Lipinski definition) is 4. The maximum absolute atomic E-state index is 13.4. The highest BCUT2D eigenvalue weighted by molar-refractivity contribution is 5.94. The number of rotatable bonds is 18. The van der Waals surface area contributed by atoms with Crippen molar-refractivity contribution in [2.24, 2.45) is 16.3 Å². The van der Waals surface area contributed by atoms with Crippen molar-refractivity contribution in [2.45, 2.75) is 177 Å². The van der Waals surface area contributed by atoms with Crippen LogP contribution in [0.1, 0.15) is 175 Å². The molecule has 516 valence electrons. The molecule has 14 rings (SSSR count). The monoisotopic (exact) mass is 1350 g/mol. The SMILES string of the molecule is CC(C)(C)OC(=O)N(CC1(C(N)=NO)CCC1)[C@H]1CC1c1ccccc1.[C-]#[N+]c1ccccc1-c1nc(C2(CN(C(=O)OC(C)(C)C)[C@H]3CC3c3ccccc3)CCC2)no1.[C-]#[N+]c1ccccc1-c1nc(C2(CN[C@H]3CC3c3ccccc3)CCC2)no1.[C-]#[N+]c1ccccc1C(=O)O. The number of nitrogens with zero attached hydrogens (tertiary/aromatic N) is 10. The Morgan fingerprint density at radius 3 is 1.35 bits per heavy atom. The highest BCUT2D eigenvalue weighted by Gasteiger charge is 2.54. The van der Waals surface area contributed by atoms with Crippen LogP contribution in [0.3, 0.4) is 0 Å². The standard InChI is InChI=1S/C28H30N4O3.C23H22N4O.C20H29N3O3.C8H5NO2/c1-27(2,3)34-26(33)32(23-17-21(23)19-11-6-5-7-12-19)18-28(15-10-16-28)25-30-24(35-31-25)20-13-8-9-14-22(20)29-4;1-24-19-11-6-5-10-17(19)21-26-22(27-28-21)23(12-7-13-23)15-25-20-14-18(20)16-8-3-2-4-9-16;1-19(2,3)26-18(24)23(13-20(10-7-11-20)17(21)22-25)16-12-15(16)14-8-5-4-6-9-14;1-9-7-5-3-2-4-6(7)8(10)11/h5-9,11-14,21,23H,10,15-18H2,1-3H3;2-6,8-11,18,20,25H,7,12-15H2;4-6,8-9,15-16,25H,7,10-13H2,1-3H3,(H2,21,22);2-5H,(H,10,11)/t21?,23-;18?,20-;15?,16-;/m000./s1. The molecule has 6 aliphatic carbocycles. The number of nitrogens with two attached hydrogens (primary N) is 1. The van der Waals surface area contributed by atoms with E-state index in [1.54, 1.807) is 29.2 Å². The molecule has 0 spiro atoms. The van der Waals surface area contributed by atoms with Crippen LogP contribution in [0.4, 0.5) is 26.7 Å². The molecule has 21 nitrogen and oxygen atoms in total. The van der Waals surface area contributed by atoms with Gasteiger partial charge in [0.25, 0.3) is 0 Å². The molecule has 0 aliphatic heterocycles. The molecule has 2 amide bonds. The van der Waals surface area contributed by atoms with Crippen LogP contribution in [-0.2, 0) is 20.3 Å². The molecule has 6 fully saturated rings. The first-order valence-corrected chi connectivity index (χ1v) is 34.3. The number of benzene rings is 6. The topological polar surface area (TPSA) is 258 Å². The molecule has 6 aliphatic rings. The Hall–Kier alpha value is -10.7. The average Bonchev–Trinajstić information content (AvgIpc) is 1.58. The summed E-state index contributed by atoms with van der Waals surface area (Å²) in [4.78, 5) is 60.1. The molecule has 8 aromatic rings. The van der Waals surface area contributed by atoms with Gasteiger partial charge in [0.05, 0.1) is 30.7 Å². The number of hydrogen-bond acceptors (Lipinski definition) is 14. The second kappa shape index (κ2) is 30.2. The highest BCUT2D eigenvalue weighted by Crippen LogP contribution is 2.52. The fourth-order valence-corrected chi connectivity index (χ4v) is 13.6. The van der Waals surface area contributed by atoms with Gasteiger partial charge in [-0.15, -0.1) is 0 Å². The van der Waals surface area contributed by atoms with E-state index >= 15 is 0 Å². The van der Waals surface area contributed by atoms with Gasteiger partial charge >= 0.3 is 18.2 Å². The molecule has 2 heterocycles. The van der Waals surface area contributed by atoms with E-state index in [-0.39, 0.29) is 52.2 Å². The number of para-hydroxylation sites is 3. The van der Waals surface area contributed by atoms with Crippen LogP contribution in [0.25, 0.3) is 37.4 Å². The van der Waals surface area contributed by atoms with Crippen LogP contribution in [0, 0.1) is 25.1 Å². The minimum Gasteiger partial charge on any atom is -0.479 e. The first-order chi connectivity index (χ1) is 48.1. The Morgan fingerprint density at radius 2 is 0.960 bits per heavy atom. The van der Waals surface area contributed by atoms with Crippen molar-refractivity contribution in [3.05, 3.63) is 232 Å². The molecule has 6 atom stereocenters. The van der Waals surface area contributed by atoms with Gasteiger partial charge in [-0.05, 0) is 116 Å². The van der Waals surface area contributed by atoms with Crippen molar-refractivity contribution in [3.8, 4) is 22.9 Å². The molecule has 6 aromatic carbocycles. The molecular formula is C79H86N12O9. The quantitative estimate of drug-likeness (QED) is 0.0205. The summed E-state index contributed by atoms with van der Waals surface area (Å²) in [5, 5.41) is 33.4. The predicted molar refractivity (Wildman–Crippen MR) is 379 cm³/mol. The van der Waals surface area contributed by atoms with Crippen LogP contribution >= 0.6 is 0 Å². The molecule has 21 heteroatoms. The second-order valence-corrected chi connectivity index (χ2v) is 29.0. The van der Waals surface area contributed by atoms with Crippen LogP contribution in [0.15, 0.2) is 178 Å². The lowest BCUT2D eigenvalue weighted by Crippen LogP contribution is -2.53. The Kier molecular flexibility index (Phi) is 21.3. The van der Waals surface area contributed by atoms with Gasteiger partial charge < -0.3 is 49.7 Å². The van der Waals surface area contributed by atoms with Crippen LogP contribution in [-0.4, -0.2) is 113 Å². The predicted octanol–water partition coefficient (Wildman–Crippen LogP) is 17.0. The molecule has 0 bridgehead atoms. The molecule has 3 unspecified atom stereocenters. The van der Waals surface area contributed by atoms with Crippen molar-refractivity contribution >= 4 is 41.1 Å². The van der Waals surface area contributed by atoms with E-state index in [0.717, 1.165) is 76.6 Å². The van der Waals surface area contributed by atoms with Gasteiger partial charge in [0.1, 0.15) is 17.0 Å². The van der Waals surface area contributed by atoms with E-state index in [2.05, 4.69) is 89.9 Å². The summed E-state index contributed by atoms with van der Waals surface area (Å²) in [6.07, 6.45) is 11.2. The molecule has 6 saturated carbocycles. The van der Waals surface area contributed by atoms with Crippen molar-refractivity contribution < 1.29 is 43.2 Å². The number of carbonyl (C=O) groups excluding carboxylic acids is 2. The number of amides is 2. The van der Waals surface area contributed by atoms with Gasteiger partial charge in [0.15, 0.2) is 23.0 Å². The summed E-state index contributed by atoms with van der Waals surface area (Å²) >= 11 is 0. The smallest absolute Gasteiger partial charge is 0.410 e. The third-order valence-corrected chi connectivity index (χ3v) is 19.8. The summed E-state index contributed by atoms with van der Waals surface area (Å²) in [5.74, 6) is 2.55. The van der Waals surface area contributed by atoms with E-state index in [1.807, 2.05) is 119 Å². The highest BCUT2D eigenvalue weighted by atomic mass is 16.6. The Balaban J connectivity index is 0.000000142. The van der Waals surface area contributed by atoms with Gasteiger partial charge in [-0.1, -0.05) is 199 Å². The Morgan fingerprint density at radius 1 is 0.560 bits per heavy atom. The van der Waals surface area contributed by atoms with Gasteiger partial charge in [0.2, 0.25) is 17.5 Å². The number of ether oxygens (including phenoxy) is 2. The summed E-state index contributed by atoms with van der Waals surface area (Å²) in [6.45, 7) is 34.5. The van der Waals surface area contributed by atoms with Crippen LogP contribution in [0.2, 0.25) is 0 Å². The average molecular weight is 1350 g/mol. The molecule has 5 N–H and O–H groups in total. The zero-order valence-corrected chi connectivity index (χ0v) is 57.5. The van der Waals surface area contributed by atoms with Crippen molar-refractivity contribution in [1.82, 2.24) is 35.4 Å². The fourth-order valence-electron chi connectivity index (χ4n) is 13.6. The lowest BCUT2D eigenvalue weighted by molar-refractivity contribution is 0.0110. The van der Waals surface area contributed by atoms with Crippen molar-refractivity contribution in [3.63, 3.8) is 0 Å². The lowest BCUT2D eigenvalue weighted by atomic mass is 9.67. The maximum Gasteiger partial charge on any atom is 0.410 e. The van der Waals surface area contributed by atoms with E-state index in [4.69, 9.17) is 59.0 Å². The maximum atomic E-state index is 13.4. The summed E-state index contributed by atoms with van der Waals surface area (Å²) in [6, 6.07) is 52.8. The molecular weight excluding hydrogens is 1260 g/mol. The normalized spacial score (nSPS) is 20.7. The number of carbonyl (C=O) groups is 3. The third-order valence-electron chi connectivity index (χ3n) is 19.8. The number of carboxylic acids is 1. The fraction of sp³-hybridized carbons (Fsp3) is 0.405. The number of amidine groups is 1. The number of nitrogens with one attached hydrogen (secondary N) is 1. The van der Waals surface area contributed by atoms with E-state index in [0.29, 0.717) is 77.0 Å². The lowest BCUT2D eigenvalue weighted by Gasteiger charge is -2.44. The van der Waals surface area contributed by atoms with Crippen LogP contribution in [0.5, 0.6) is 0 Å². The zero-order chi connectivity index (χ0) is 70.8. The van der Waals surface area contributed by atoms with Gasteiger partial charge in [-0.3, -0.25) is 0 Å². The number of aromatic carboxylic acids is 1. The van der Waals surface area contributed by atoms with Crippen LogP contribution < -0.4 is 11.1 Å². The first-order valence-electron chi connectivity index (χ1n) is 34.3. The minimum absolute atomic E-state index is 0.0430. The molecule has 0 saturated heterocycles. The van der Waals surface area contributed by atoms with E-state index in [9.17, 15) is 19.6 Å². The Bertz CT molecular complexity index is 4320. The number of aromatic nitrogens is 4. The molecule has 0 radical (unpaired) electrons. The first kappa shape index (κ1) is 70.6. The van der Waals surface area contributed by atoms with Gasteiger partial charge in [-0.25, -0.2) is 28.9 Å². The zero-order valence-electron chi connectivity index (χ0n) is 57.5. The van der Waals surface area contributed by atoms with E-state index < -0.39 is 22.6 Å². The van der Waals surface area contributed by atoms with Crippen molar-refractivity contribution in [1.29, 1.82) is 0 Å². The van der Waals surface area contributed by atoms with Gasteiger partial charge in [-0.2, -0.15) is 9.97 Å². The number of carboxylic acid groups (broad SMARTS) is 1. The second-order valence-electron chi connectivity index (χ2n) is 29.0. The molecule has 2 aromatic heterocycles. The van der Waals surface area contributed by atoms with E-state index in [1.165, 1.54) is 41.7 Å². The Labute approximate surface area is 584 Å². The number of oxime groups is 1. The minimum atomic E-state index is -1.06.